The van der Waals surface area contributed by atoms with E-state index in [4.69, 9.17) is 0 Å². The summed E-state index contributed by atoms with van der Waals surface area (Å²) in [5.74, 6) is -0.812. The van der Waals surface area contributed by atoms with Crippen LogP contribution in [0.15, 0.2) is 35.2 Å². The maximum atomic E-state index is 12.2. The molecule has 128 valence electrons. The lowest BCUT2D eigenvalue weighted by Gasteiger charge is -2.10. The van der Waals surface area contributed by atoms with Gasteiger partial charge in [0.05, 0.1) is 10.6 Å². The molecule has 8 nitrogen and oxygen atoms in total. The van der Waals surface area contributed by atoms with Gasteiger partial charge in [0.15, 0.2) is 5.78 Å². The highest BCUT2D eigenvalue weighted by Gasteiger charge is 2.17. The Morgan fingerprint density at radius 3 is 2.50 bits per heavy atom. The first-order chi connectivity index (χ1) is 11.2. The molecule has 9 heteroatoms. The zero-order chi connectivity index (χ0) is 17.9. The van der Waals surface area contributed by atoms with E-state index < -0.39 is 15.9 Å². The minimum absolute atomic E-state index is 0.110. The number of carbonyl (C=O) groups is 2. The average Bonchev–Trinajstić information content (AvgIpc) is 2.83. The second-order valence-corrected chi connectivity index (χ2v) is 7.00. The molecule has 0 saturated heterocycles. The summed E-state index contributed by atoms with van der Waals surface area (Å²) in [5, 5.41) is 4.12. The number of benzene rings is 1. The van der Waals surface area contributed by atoms with Crippen molar-refractivity contribution in [1.82, 2.24) is 20.0 Å². The molecule has 2 aromatic rings. The maximum Gasteiger partial charge on any atom is 0.257 e. The van der Waals surface area contributed by atoms with Gasteiger partial charge in [-0.05, 0) is 39.0 Å². The van der Waals surface area contributed by atoms with E-state index in [1.54, 1.807) is 13.8 Å². The summed E-state index contributed by atoms with van der Waals surface area (Å²) in [7, 11) is -3.97. The first-order valence-corrected chi connectivity index (χ1v) is 8.60. The molecule has 24 heavy (non-hydrogen) atoms. The summed E-state index contributed by atoms with van der Waals surface area (Å²) < 4.78 is 25.8. The zero-order valence-electron chi connectivity index (χ0n) is 13.5. The van der Waals surface area contributed by atoms with Gasteiger partial charge in [-0.3, -0.25) is 19.7 Å². The van der Waals surface area contributed by atoms with E-state index in [0.717, 1.165) is 11.4 Å². The lowest BCUT2D eigenvalue weighted by Crippen LogP contribution is -2.43. The van der Waals surface area contributed by atoms with Gasteiger partial charge in [0.2, 0.25) is 0 Å². The highest BCUT2D eigenvalue weighted by molar-refractivity contribution is 7.89. The molecule has 0 radical (unpaired) electrons. The highest BCUT2D eigenvalue weighted by atomic mass is 32.2. The van der Waals surface area contributed by atoms with Crippen LogP contribution in [0.5, 0.6) is 0 Å². The number of ketones is 1. The Labute approximate surface area is 139 Å². The summed E-state index contributed by atoms with van der Waals surface area (Å²) in [6.45, 7) is 4.82. The molecule has 1 aromatic heterocycles. The predicted octanol–water partition coefficient (Wildman–Crippen LogP) is 0.712. The largest absolute Gasteiger partial charge is 0.295 e. The number of Topliss-reactive ketones (excluding diaryl/α,β-unsaturated/α-hetero) is 1. The van der Waals surface area contributed by atoms with Crippen LogP contribution in [0.3, 0.4) is 0 Å². The van der Waals surface area contributed by atoms with Gasteiger partial charge in [-0.15, -0.1) is 4.83 Å². The normalized spacial score (nSPS) is 11.3. The van der Waals surface area contributed by atoms with Gasteiger partial charge in [0.1, 0.15) is 6.54 Å². The van der Waals surface area contributed by atoms with Crippen molar-refractivity contribution in [3.8, 4) is 0 Å². The maximum absolute atomic E-state index is 12.2. The second-order valence-electron chi connectivity index (χ2n) is 5.32. The standard InChI is InChI=1S/C15H18N4O4S/c1-10-7-11(2)19(17-10)9-15(21)16-18-24(22,23)14-6-4-5-13(8-14)12(3)20/h4-8,18H,9H2,1-3H3,(H,16,21). The van der Waals surface area contributed by atoms with Gasteiger partial charge in [0.25, 0.3) is 15.9 Å². The third-order valence-corrected chi connectivity index (χ3v) is 4.52. The lowest BCUT2D eigenvalue weighted by molar-refractivity contribution is -0.122. The van der Waals surface area contributed by atoms with Gasteiger partial charge < -0.3 is 0 Å². The fraction of sp³-hybridized carbons (Fsp3) is 0.267. The van der Waals surface area contributed by atoms with Crippen LogP contribution in [0.1, 0.15) is 28.7 Å². The number of rotatable bonds is 6. The SMILES string of the molecule is CC(=O)c1cccc(S(=O)(=O)NNC(=O)Cn2nc(C)cc2C)c1. The Bertz CT molecular complexity index is 887. The average molecular weight is 350 g/mol. The monoisotopic (exact) mass is 350 g/mol. The van der Waals surface area contributed by atoms with E-state index in [0.29, 0.717) is 0 Å². The molecule has 0 saturated carbocycles. The first kappa shape index (κ1) is 17.8. The van der Waals surface area contributed by atoms with Gasteiger partial charge in [-0.25, -0.2) is 8.42 Å². The molecule has 0 fully saturated rings. The first-order valence-electron chi connectivity index (χ1n) is 7.12. The molecule has 0 bridgehead atoms. The van der Waals surface area contributed by atoms with Crippen LogP contribution in [0, 0.1) is 13.8 Å². The lowest BCUT2D eigenvalue weighted by atomic mass is 10.2. The molecule has 0 aliphatic rings. The Hall–Kier alpha value is -2.52. The number of nitrogens with zero attached hydrogens (tertiary/aromatic N) is 2. The van der Waals surface area contributed by atoms with Crippen molar-refractivity contribution < 1.29 is 18.0 Å². The Morgan fingerprint density at radius 1 is 1.21 bits per heavy atom. The molecule has 1 heterocycles. The minimum Gasteiger partial charge on any atom is -0.295 e. The molecule has 0 aliphatic carbocycles. The van der Waals surface area contributed by atoms with Crippen molar-refractivity contribution in [1.29, 1.82) is 0 Å². The molecular weight excluding hydrogens is 332 g/mol. The predicted molar refractivity (Wildman–Crippen MR) is 86.6 cm³/mol. The summed E-state index contributed by atoms with van der Waals surface area (Å²) in [5.41, 5.74) is 3.96. The third kappa shape index (κ3) is 4.27. The number of hydrazine groups is 1. The van der Waals surface area contributed by atoms with Crippen LogP contribution < -0.4 is 10.3 Å². The van der Waals surface area contributed by atoms with E-state index >= 15 is 0 Å². The number of nitrogens with one attached hydrogen (secondary N) is 2. The van der Waals surface area contributed by atoms with Gasteiger partial charge >= 0.3 is 0 Å². The van der Waals surface area contributed by atoms with Crippen LogP contribution in [0.25, 0.3) is 0 Å². The molecule has 1 amide bonds. The second kappa shape index (κ2) is 6.93. The number of aryl methyl sites for hydroxylation is 2. The molecule has 0 spiro atoms. The number of hydrogen-bond donors (Lipinski definition) is 2. The topological polar surface area (TPSA) is 110 Å². The van der Waals surface area contributed by atoms with E-state index in [2.05, 4.69) is 10.5 Å². The van der Waals surface area contributed by atoms with Crippen LogP contribution >= 0.6 is 0 Å². The molecule has 0 aliphatic heterocycles. The molecule has 0 unspecified atom stereocenters. The smallest absolute Gasteiger partial charge is 0.257 e. The number of carbonyl (C=O) groups excluding carboxylic acids is 2. The summed E-state index contributed by atoms with van der Waals surface area (Å²) >= 11 is 0. The summed E-state index contributed by atoms with van der Waals surface area (Å²) in [6.07, 6.45) is 0. The van der Waals surface area contributed by atoms with Crippen molar-refractivity contribution in [2.24, 2.45) is 0 Å². The minimum atomic E-state index is -3.97. The molecule has 0 atom stereocenters. The molecule has 2 N–H and O–H groups in total. The third-order valence-electron chi connectivity index (χ3n) is 3.27. The number of hydrogen-bond acceptors (Lipinski definition) is 5. The fourth-order valence-corrected chi connectivity index (χ4v) is 2.98. The van der Waals surface area contributed by atoms with Crippen LogP contribution in [0.2, 0.25) is 0 Å². The van der Waals surface area contributed by atoms with Crippen molar-refractivity contribution in [3.05, 3.63) is 47.3 Å². The van der Waals surface area contributed by atoms with Crippen molar-refractivity contribution in [2.45, 2.75) is 32.2 Å². The summed E-state index contributed by atoms with van der Waals surface area (Å²) in [4.78, 5) is 25.1. The Balaban J connectivity index is 2.04. The Morgan fingerprint density at radius 2 is 1.92 bits per heavy atom. The summed E-state index contributed by atoms with van der Waals surface area (Å²) in [6, 6.07) is 7.37. The quantitative estimate of drug-likeness (QED) is 0.589. The number of amides is 1. The van der Waals surface area contributed by atoms with Crippen LogP contribution in [-0.4, -0.2) is 29.9 Å². The number of aromatic nitrogens is 2. The molecule has 1 aromatic carbocycles. The number of sulfonamides is 1. The highest BCUT2D eigenvalue weighted by Crippen LogP contribution is 2.11. The van der Waals surface area contributed by atoms with Crippen molar-refractivity contribution in [3.63, 3.8) is 0 Å². The van der Waals surface area contributed by atoms with E-state index in [1.165, 1.54) is 35.9 Å². The molecule has 2 rings (SSSR count). The van der Waals surface area contributed by atoms with Crippen molar-refractivity contribution in [2.75, 3.05) is 0 Å². The van der Waals surface area contributed by atoms with E-state index in [-0.39, 0.29) is 22.8 Å². The van der Waals surface area contributed by atoms with Gasteiger partial charge in [-0.2, -0.15) is 5.10 Å². The van der Waals surface area contributed by atoms with Crippen LogP contribution in [-0.2, 0) is 21.4 Å². The Kier molecular flexibility index (Phi) is 5.15. The van der Waals surface area contributed by atoms with Gasteiger partial charge in [-0.1, -0.05) is 12.1 Å². The van der Waals surface area contributed by atoms with E-state index in [1.807, 2.05) is 10.9 Å². The fourth-order valence-electron chi connectivity index (χ4n) is 2.08. The van der Waals surface area contributed by atoms with Crippen LogP contribution in [0.4, 0.5) is 0 Å². The van der Waals surface area contributed by atoms with Crippen molar-refractivity contribution >= 4 is 21.7 Å². The molecular formula is C15H18N4O4S. The van der Waals surface area contributed by atoms with E-state index in [9.17, 15) is 18.0 Å². The van der Waals surface area contributed by atoms with Gasteiger partial charge in [0, 0.05) is 11.3 Å². The zero-order valence-corrected chi connectivity index (χ0v) is 14.3.